The predicted octanol–water partition coefficient (Wildman–Crippen LogP) is 5.05. The Hall–Kier alpha value is -3.15. The van der Waals surface area contributed by atoms with Gasteiger partial charge in [-0.2, -0.15) is 0 Å². The van der Waals surface area contributed by atoms with Crippen LogP contribution in [0.3, 0.4) is 0 Å². The molecule has 0 atom stereocenters. The molecule has 28 heavy (non-hydrogen) atoms. The van der Waals surface area contributed by atoms with E-state index in [4.69, 9.17) is 23.2 Å². The summed E-state index contributed by atoms with van der Waals surface area (Å²) in [6.45, 7) is 0. The van der Waals surface area contributed by atoms with E-state index in [1.807, 2.05) is 0 Å². The van der Waals surface area contributed by atoms with Gasteiger partial charge in [-0.05, 0) is 54.1 Å². The zero-order valence-electron chi connectivity index (χ0n) is 14.5. The first-order chi connectivity index (χ1) is 13.5. The molecule has 0 aliphatic carbocycles. The lowest BCUT2D eigenvalue weighted by Gasteiger charge is -2.11. The maximum atomic E-state index is 12.8. The fraction of sp³-hybridized carbons (Fsp3) is 0. The third-order valence-corrected chi connectivity index (χ3v) is 4.12. The van der Waals surface area contributed by atoms with Gasteiger partial charge in [-0.3, -0.25) is 14.6 Å². The molecule has 0 spiro atoms. The lowest BCUT2D eigenvalue weighted by atomic mass is 10.1. The van der Waals surface area contributed by atoms with Gasteiger partial charge >= 0.3 is 0 Å². The Balaban J connectivity index is 1.89. The van der Waals surface area contributed by atoms with Crippen molar-refractivity contribution >= 4 is 52.5 Å². The molecule has 2 N–H and O–H groups in total. The first-order valence-electron chi connectivity index (χ1n) is 8.27. The molecular formula is C21H15Cl2N3O2. The summed E-state index contributed by atoms with van der Waals surface area (Å²) >= 11 is 11.9. The molecule has 0 fully saturated rings. The summed E-state index contributed by atoms with van der Waals surface area (Å²) in [6, 6.07) is 16.8. The van der Waals surface area contributed by atoms with Gasteiger partial charge in [-0.25, -0.2) is 0 Å². The number of hydrogen-bond acceptors (Lipinski definition) is 3. The smallest absolute Gasteiger partial charge is 0.261 e. The molecule has 2 amide bonds. The average Bonchev–Trinajstić information content (AvgIpc) is 2.67. The number of halogens is 2. The molecule has 2 aromatic carbocycles. The summed E-state index contributed by atoms with van der Waals surface area (Å²) in [5, 5.41) is 6.31. The molecule has 7 heteroatoms. The number of amides is 2. The maximum absolute atomic E-state index is 12.8. The number of nitrogens with one attached hydrogen (secondary N) is 2. The molecule has 3 aromatic rings. The van der Waals surface area contributed by atoms with Gasteiger partial charge in [0.05, 0.1) is 0 Å². The molecule has 3 rings (SSSR count). The van der Waals surface area contributed by atoms with Crippen molar-refractivity contribution in [2.75, 3.05) is 10.6 Å². The molecule has 0 saturated heterocycles. The van der Waals surface area contributed by atoms with Crippen LogP contribution < -0.4 is 10.6 Å². The Kier molecular flexibility index (Phi) is 6.42. The van der Waals surface area contributed by atoms with E-state index >= 15 is 0 Å². The largest absolute Gasteiger partial charge is 0.322 e. The Morgan fingerprint density at radius 1 is 0.821 bits per heavy atom. The van der Waals surface area contributed by atoms with Gasteiger partial charge < -0.3 is 10.6 Å². The summed E-state index contributed by atoms with van der Waals surface area (Å²) in [5.74, 6) is -1.16. The molecular weight excluding hydrogens is 397 g/mol. The number of anilines is 2. The van der Waals surface area contributed by atoms with E-state index < -0.39 is 11.8 Å². The topological polar surface area (TPSA) is 71.1 Å². The Morgan fingerprint density at radius 2 is 1.39 bits per heavy atom. The molecule has 1 aromatic heterocycles. The number of aromatic nitrogens is 1. The van der Waals surface area contributed by atoms with Gasteiger partial charge in [-0.15, -0.1) is 0 Å². The van der Waals surface area contributed by atoms with Crippen LogP contribution in [0.2, 0.25) is 10.0 Å². The van der Waals surface area contributed by atoms with Crippen LogP contribution in [0, 0.1) is 0 Å². The van der Waals surface area contributed by atoms with Crippen molar-refractivity contribution in [3.63, 3.8) is 0 Å². The molecule has 0 bridgehead atoms. The van der Waals surface area contributed by atoms with Crippen molar-refractivity contribution in [2.45, 2.75) is 0 Å². The standard InChI is InChI=1S/C21H15Cl2N3O2/c22-15-5-1-7-17(11-15)25-20(27)19(10-14-4-3-9-24-13-14)21(28)26-18-8-2-6-16(23)12-18/h1-13H,(H,25,27)(H,26,28). The lowest BCUT2D eigenvalue weighted by molar-refractivity contribution is -0.118. The van der Waals surface area contributed by atoms with E-state index in [1.165, 1.54) is 6.08 Å². The molecule has 0 aliphatic heterocycles. The van der Waals surface area contributed by atoms with Crippen LogP contribution in [0.5, 0.6) is 0 Å². The first kappa shape index (κ1) is 19.6. The highest BCUT2D eigenvalue weighted by Crippen LogP contribution is 2.19. The highest BCUT2D eigenvalue weighted by atomic mass is 35.5. The second-order valence-corrected chi connectivity index (χ2v) is 6.65. The quantitative estimate of drug-likeness (QED) is 0.350. The zero-order chi connectivity index (χ0) is 19.9. The molecule has 0 unspecified atom stereocenters. The minimum atomic E-state index is -0.578. The van der Waals surface area contributed by atoms with E-state index in [9.17, 15) is 9.59 Å². The fourth-order valence-corrected chi connectivity index (χ4v) is 2.77. The molecule has 0 aliphatic rings. The van der Waals surface area contributed by atoms with Crippen molar-refractivity contribution < 1.29 is 9.59 Å². The van der Waals surface area contributed by atoms with E-state index in [0.717, 1.165) is 0 Å². The van der Waals surface area contributed by atoms with E-state index in [1.54, 1.807) is 73.1 Å². The van der Waals surface area contributed by atoms with Gasteiger partial charge in [0.1, 0.15) is 5.57 Å². The predicted molar refractivity (Wildman–Crippen MR) is 112 cm³/mol. The molecule has 5 nitrogen and oxygen atoms in total. The van der Waals surface area contributed by atoms with Crippen LogP contribution in [-0.4, -0.2) is 16.8 Å². The SMILES string of the molecule is O=C(Nc1cccc(Cl)c1)C(=Cc1cccnc1)C(=O)Nc1cccc(Cl)c1. The van der Waals surface area contributed by atoms with Crippen molar-refractivity contribution in [3.8, 4) is 0 Å². The van der Waals surface area contributed by atoms with Crippen LogP contribution in [0.15, 0.2) is 78.6 Å². The minimum absolute atomic E-state index is 0.0899. The fourth-order valence-electron chi connectivity index (χ4n) is 2.39. The number of pyridine rings is 1. The number of rotatable bonds is 5. The number of nitrogens with zero attached hydrogens (tertiary/aromatic N) is 1. The zero-order valence-corrected chi connectivity index (χ0v) is 16.0. The highest BCUT2D eigenvalue weighted by Gasteiger charge is 2.19. The van der Waals surface area contributed by atoms with Gasteiger partial charge in [0.2, 0.25) is 0 Å². The van der Waals surface area contributed by atoms with E-state index in [0.29, 0.717) is 27.0 Å². The summed E-state index contributed by atoms with van der Waals surface area (Å²) in [7, 11) is 0. The van der Waals surface area contributed by atoms with Crippen LogP contribution in [0.25, 0.3) is 6.08 Å². The third kappa shape index (κ3) is 5.42. The second-order valence-electron chi connectivity index (χ2n) is 5.77. The van der Waals surface area contributed by atoms with Gasteiger partial charge in [0.15, 0.2) is 0 Å². The van der Waals surface area contributed by atoms with Crippen LogP contribution in [0.4, 0.5) is 11.4 Å². The van der Waals surface area contributed by atoms with E-state index in [2.05, 4.69) is 15.6 Å². The minimum Gasteiger partial charge on any atom is -0.322 e. The van der Waals surface area contributed by atoms with Crippen molar-refractivity contribution in [2.24, 2.45) is 0 Å². The van der Waals surface area contributed by atoms with Crippen LogP contribution >= 0.6 is 23.2 Å². The highest BCUT2D eigenvalue weighted by molar-refractivity contribution is 6.32. The average molecular weight is 412 g/mol. The van der Waals surface area contributed by atoms with Crippen molar-refractivity contribution in [1.29, 1.82) is 0 Å². The Bertz CT molecular complexity index is 975. The van der Waals surface area contributed by atoms with Gasteiger partial charge in [-0.1, -0.05) is 41.4 Å². The monoisotopic (exact) mass is 411 g/mol. The first-order valence-corrected chi connectivity index (χ1v) is 9.02. The summed E-state index contributed by atoms with van der Waals surface area (Å²) in [6.07, 6.45) is 4.63. The number of carbonyl (C=O) groups is 2. The maximum Gasteiger partial charge on any atom is 0.261 e. The molecule has 0 radical (unpaired) electrons. The van der Waals surface area contributed by atoms with Crippen molar-refractivity contribution in [3.05, 3.63) is 94.2 Å². The Morgan fingerprint density at radius 3 is 1.86 bits per heavy atom. The summed E-state index contributed by atoms with van der Waals surface area (Å²) in [4.78, 5) is 29.6. The number of hydrogen-bond donors (Lipinski definition) is 2. The second kappa shape index (κ2) is 9.17. The lowest BCUT2D eigenvalue weighted by Crippen LogP contribution is -2.25. The van der Waals surface area contributed by atoms with E-state index in [-0.39, 0.29) is 5.57 Å². The Labute approximate surface area is 172 Å². The molecule has 140 valence electrons. The summed E-state index contributed by atoms with van der Waals surface area (Å²) in [5.41, 5.74) is 1.48. The molecule has 1 heterocycles. The summed E-state index contributed by atoms with van der Waals surface area (Å²) < 4.78 is 0. The number of benzene rings is 2. The normalized spacial score (nSPS) is 10.1. The van der Waals surface area contributed by atoms with Gasteiger partial charge in [0, 0.05) is 33.8 Å². The third-order valence-electron chi connectivity index (χ3n) is 3.65. The molecule has 0 saturated carbocycles. The van der Waals surface area contributed by atoms with Crippen molar-refractivity contribution in [1.82, 2.24) is 4.98 Å². The van der Waals surface area contributed by atoms with Gasteiger partial charge in [0.25, 0.3) is 11.8 Å². The van der Waals surface area contributed by atoms with Crippen LogP contribution in [0.1, 0.15) is 5.56 Å². The number of carbonyl (C=O) groups excluding carboxylic acids is 2. The van der Waals surface area contributed by atoms with Crippen LogP contribution in [-0.2, 0) is 9.59 Å².